The van der Waals surface area contributed by atoms with Crippen LogP contribution in [0, 0.1) is 0 Å². The Balaban J connectivity index is 0.000000287. The molecule has 2 aliphatic rings. The zero-order valence-electron chi connectivity index (χ0n) is 47.2. The molecule has 4 aromatic heterocycles. The fourth-order valence-electron chi connectivity index (χ4n) is 9.24. The van der Waals surface area contributed by atoms with Crippen molar-refractivity contribution in [3.05, 3.63) is 130 Å². The summed E-state index contributed by atoms with van der Waals surface area (Å²) in [4.78, 5) is 96.7. The van der Waals surface area contributed by atoms with Gasteiger partial charge in [-0.25, -0.2) is 43.7 Å². The average Bonchev–Trinajstić information content (AvgIpc) is 4.01. The number of aryl methyl sites for hydroxylation is 2. The predicted molar refractivity (Wildman–Crippen MR) is 297 cm³/mol. The number of nitrogens with one attached hydrogen (secondary N) is 2. The molecule has 23 heteroatoms. The first kappa shape index (κ1) is 62.8. The number of ether oxygens (including phenoxy) is 2. The Morgan fingerprint density at radius 2 is 1.00 bits per heavy atom. The number of nitrogens with zero attached hydrogens (tertiary/aromatic N) is 8. The summed E-state index contributed by atoms with van der Waals surface area (Å²) in [7, 11) is 0. The van der Waals surface area contributed by atoms with Crippen molar-refractivity contribution >= 4 is 47.4 Å². The molecule has 0 radical (unpaired) electrons. The van der Waals surface area contributed by atoms with Crippen LogP contribution in [-0.2, 0) is 22.3 Å². The van der Waals surface area contributed by atoms with Crippen LogP contribution < -0.4 is 41.2 Å². The van der Waals surface area contributed by atoms with Crippen LogP contribution in [0.1, 0.15) is 164 Å². The molecule has 420 valence electrons. The number of pyridine rings is 2. The van der Waals surface area contributed by atoms with Crippen LogP contribution >= 0.6 is 0 Å². The third kappa shape index (κ3) is 15.6. The molecular weight excluding hydrogens is 1020 g/mol. The number of carbonyl (C=O) groups excluding carboxylic acids is 5. The molecule has 2 saturated heterocycles. The number of imidazole rings is 2. The number of aromatic nitrogens is 6. The molecule has 22 nitrogen and oxygen atoms in total. The molecule has 6 heterocycles. The van der Waals surface area contributed by atoms with E-state index < -0.39 is 23.3 Å². The Bertz CT molecular complexity index is 2970. The van der Waals surface area contributed by atoms with Crippen LogP contribution in [0.5, 0.6) is 0 Å². The van der Waals surface area contributed by atoms with Gasteiger partial charge in [0.05, 0.1) is 0 Å². The monoisotopic (exact) mass is 1090 g/mol. The van der Waals surface area contributed by atoms with Crippen LogP contribution in [-0.4, -0.2) is 123 Å². The summed E-state index contributed by atoms with van der Waals surface area (Å²) < 4.78 is 13.5. The van der Waals surface area contributed by atoms with Crippen molar-refractivity contribution < 1.29 is 67.7 Å². The van der Waals surface area contributed by atoms with Gasteiger partial charge in [-0.1, -0.05) is 38.1 Å². The molecular formula is C57H71LiN12O10. The zero-order chi connectivity index (χ0) is 56.6. The summed E-state index contributed by atoms with van der Waals surface area (Å²) in [6.07, 6.45) is 7.11. The number of carboxylic acids is 1. The second-order valence-corrected chi connectivity index (χ2v) is 21.3. The molecule has 6 aromatic rings. The van der Waals surface area contributed by atoms with E-state index in [0.29, 0.717) is 90.3 Å². The number of hydrogen-bond acceptors (Lipinski definition) is 15. The van der Waals surface area contributed by atoms with Gasteiger partial charge in [-0.15, -0.1) is 0 Å². The van der Waals surface area contributed by atoms with Gasteiger partial charge >= 0.3 is 37.0 Å². The zero-order valence-corrected chi connectivity index (χ0v) is 47.2. The smallest absolute Gasteiger partial charge is 0.870 e. The number of carbonyl (C=O) groups is 6. The second-order valence-electron chi connectivity index (χ2n) is 21.3. The molecule has 2 fully saturated rings. The molecule has 0 aliphatic carbocycles. The van der Waals surface area contributed by atoms with Crippen molar-refractivity contribution in [2.45, 2.75) is 124 Å². The second kappa shape index (κ2) is 26.7. The minimum absolute atomic E-state index is 0. The van der Waals surface area contributed by atoms with Gasteiger partial charge in [0, 0.05) is 79.6 Å². The number of piperidine rings is 2. The number of ketones is 1. The van der Waals surface area contributed by atoms with Crippen molar-refractivity contribution in [1.29, 1.82) is 0 Å². The first-order valence-corrected chi connectivity index (χ1v) is 26.1. The van der Waals surface area contributed by atoms with E-state index in [1.54, 1.807) is 91.5 Å². The number of aromatic carboxylic acids is 1. The molecule has 8 N–H and O–H groups in total. The van der Waals surface area contributed by atoms with Gasteiger partial charge in [-0.05, 0) is 140 Å². The molecule has 0 bridgehead atoms. The molecule has 2 aromatic carbocycles. The van der Waals surface area contributed by atoms with Gasteiger partial charge in [0.25, 0.3) is 11.8 Å². The Kier molecular flexibility index (Phi) is 21.0. The minimum atomic E-state index is -1.23. The van der Waals surface area contributed by atoms with Crippen LogP contribution in [0.2, 0.25) is 0 Å². The maximum atomic E-state index is 12.8. The van der Waals surface area contributed by atoms with E-state index in [-0.39, 0.29) is 76.9 Å². The normalized spacial score (nSPS) is 15.2. The first-order valence-electron chi connectivity index (χ1n) is 26.1. The van der Waals surface area contributed by atoms with Gasteiger partial charge in [0.15, 0.2) is 11.5 Å². The van der Waals surface area contributed by atoms with Crippen molar-refractivity contribution in [3.8, 4) is 22.5 Å². The van der Waals surface area contributed by atoms with Gasteiger partial charge in [0.2, 0.25) is 0 Å². The maximum absolute atomic E-state index is 12.8. The fraction of sp³-hybridized carbons (Fsp3) is 0.404. The van der Waals surface area contributed by atoms with E-state index in [1.165, 1.54) is 11.6 Å². The summed E-state index contributed by atoms with van der Waals surface area (Å²) in [6.45, 7) is 18.3. The molecule has 80 heavy (non-hydrogen) atoms. The Morgan fingerprint density at radius 3 is 1.35 bits per heavy atom. The number of likely N-dealkylation sites (tertiary alicyclic amines) is 2. The topological polar surface area (TPSA) is 315 Å². The van der Waals surface area contributed by atoms with Crippen LogP contribution in [0.25, 0.3) is 22.5 Å². The Labute approximate surface area is 477 Å². The number of carboxylic acid groups (broad SMARTS) is 1. The van der Waals surface area contributed by atoms with Gasteiger partial charge < -0.3 is 52.2 Å². The first-order chi connectivity index (χ1) is 36.9. The SMILES string of the molecule is CCc1ccnc(NC(=O)c2ccc(-c3nc([C@@H]4CCCN(C(=O)OC(C)(C)C)C4)n(N)c3C(=O)O)cc2)c1.CCc1ccnc(NC(=O)c2ccc(-c3nc([C@@H]4CCCN(C(=O)OC(C)(C)C)C4)n(N)c3C(C)=O)cc2)c1.[Li+].[OH-]. The van der Waals surface area contributed by atoms with E-state index in [9.17, 15) is 33.9 Å². The third-order valence-corrected chi connectivity index (χ3v) is 13.1. The molecule has 4 amide bonds. The number of Topliss-reactive ketones (excluding diaryl/α,β-unsaturated/α-hetero) is 1. The number of amides is 4. The number of nitrogens with two attached hydrogens (primary N) is 2. The number of benzene rings is 2. The van der Waals surface area contributed by atoms with Crippen LogP contribution in [0.15, 0.2) is 85.2 Å². The van der Waals surface area contributed by atoms with E-state index in [2.05, 4.69) is 25.6 Å². The van der Waals surface area contributed by atoms with E-state index in [1.807, 2.05) is 58.9 Å². The van der Waals surface area contributed by atoms with Crippen molar-refractivity contribution in [3.63, 3.8) is 0 Å². The summed E-state index contributed by atoms with van der Waals surface area (Å²) in [6, 6.07) is 20.8. The maximum Gasteiger partial charge on any atom is 1.00 e. The molecule has 0 saturated carbocycles. The molecule has 0 unspecified atom stereocenters. The van der Waals surface area contributed by atoms with Crippen molar-refractivity contribution in [2.24, 2.45) is 0 Å². The predicted octanol–water partition coefficient (Wildman–Crippen LogP) is 5.90. The molecule has 2 aliphatic heterocycles. The molecule has 2 atom stereocenters. The summed E-state index contributed by atoms with van der Waals surface area (Å²) in [5.41, 5.74) is 3.64. The van der Waals surface area contributed by atoms with Gasteiger partial charge in [0.1, 0.15) is 51.6 Å². The van der Waals surface area contributed by atoms with E-state index in [4.69, 9.17) is 26.1 Å². The number of hydrogen-bond donors (Lipinski definition) is 5. The standard InChI is InChI=1S/C29H36N6O4.C28H34N6O5.Li.H2O/c1-6-19-13-14-31-23(16-19)32-27(37)21-11-9-20(10-12-21)24-25(18(2)36)35(30)26(33-24)22-8-7-15-34(17-22)28(38)39-29(3,4)5;1-5-17-12-13-30-21(15-17)31-25(35)19-10-8-18(9-11-19)22-23(26(36)37)34(29)24(32-22)20-7-6-14-33(16-20)27(38)39-28(2,3)4;;/h9-14,16,22H,6-8,15,17,30H2,1-5H3,(H,31,32,37);8-13,15,20H,5-7,14,16,29H2,1-4H3,(H,36,37)(H,30,31,35);;1H2/q;;+1;/p-1/t22-;20-;;/m11../s1. The third-order valence-electron chi connectivity index (χ3n) is 13.1. The summed E-state index contributed by atoms with van der Waals surface area (Å²) >= 11 is 0. The molecule has 0 spiro atoms. The quantitative estimate of drug-likeness (QED) is 0.0541. The Hall–Kier alpha value is -8.06. The minimum Gasteiger partial charge on any atom is -0.870 e. The average molecular weight is 1090 g/mol. The Morgan fingerprint density at radius 1 is 0.625 bits per heavy atom. The van der Waals surface area contributed by atoms with Crippen LogP contribution in [0.3, 0.4) is 0 Å². The number of anilines is 2. The largest absolute Gasteiger partial charge is 1.00 e. The summed E-state index contributed by atoms with van der Waals surface area (Å²) in [5.74, 6) is 12.0. The van der Waals surface area contributed by atoms with E-state index >= 15 is 0 Å². The van der Waals surface area contributed by atoms with Gasteiger partial charge in [-0.3, -0.25) is 14.4 Å². The number of nitrogen functional groups attached to an aromatic ring is 2. The number of rotatable bonds is 12. The van der Waals surface area contributed by atoms with Crippen molar-refractivity contribution in [2.75, 3.05) is 48.5 Å². The summed E-state index contributed by atoms with van der Waals surface area (Å²) in [5, 5.41) is 15.5. The molecule has 8 rings (SSSR count). The van der Waals surface area contributed by atoms with Crippen molar-refractivity contribution in [1.82, 2.24) is 39.1 Å². The van der Waals surface area contributed by atoms with Crippen LogP contribution in [0.4, 0.5) is 21.2 Å². The van der Waals surface area contributed by atoms with Gasteiger partial charge in [-0.2, -0.15) is 0 Å². The van der Waals surface area contributed by atoms with E-state index in [0.717, 1.165) is 41.5 Å². The fourth-order valence-corrected chi connectivity index (χ4v) is 9.24.